The Balaban J connectivity index is 1.49. The first-order valence-electron chi connectivity index (χ1n) is 8.55. The first-order valence-corrected chi connectivity index (χ1v) is 9.95. The highest BCUT2D eigenvalue weighted by Crippen LogP contribution is 2.28. The molecule has 1 fully saturated rings. The van der Waals surface area contributed by atoms with Gasteiger partial charge in [-0.1, -0.05) is 12.1 Å². The Morgan fingerprint density at radius 3 is 3.04 bits per heavy atom. The summed E-state index contributed by atoms with van der Waals surface area (Å²) in [6.45, 7) is 2.59. The van der Waals surface area contributed by atoms with E-state index >= 15 is 0 Å². The molecule has 0 saturated heterocycles. The van der Waals surface area contributed by atoms with Crippen LogP contribution < -0.4 is 5.32 Å². The maximum absolute atomic E-state index is 12.3. The number of thioether (sulfide) groups is 1. The average Bonchev–Trinajstić information content (AvgIpc) is 3.35. The Morgan fingerprint density at radius 2 is 2.25 bits per heavy atom. The highest BCUT2D eigenvalue weighted by Gasteiger charge is 2.20. The van der Waals surface area contributed by atoms with Gasteiger partial charge in [0.15, 0.2) is 0 Å². The number of rotatable bonds is 10. The minimum Gasteiger partial charge on any atom is -0.381 e. The zero-order valence-electron chi connectivity index (χ0n) is 14.2. The molecule has 1 aromatic carbocycles. The molecule has 24 heavy (non-hydrogen) atoms. The van der Waals surface area contributed by atoms with Crippen molar-refractivity contribution in [3.05, 3.63) is 30.1 Å². The number of benzene rings is 1. The zero-order chi connectivity index (χ0) is 16.8. The van der Waals surface area contributed by atoms with Crippen LogP contribution in [0.1, 0.15) is 25.1 Å². The lowest BCUT2D eigenvalue weighted by atomic mass is 10.3. The molecule has 1 aliphatic rings. The molecule has 0 atom stereocenters. The monoisotopic (exact) mass is 347 g/mol. The molecule has 0 bridgehead atoms. The summed E-state index contributed by atoms with van der Waals surface area (Å²) in [6.07, 6.45) is 5.54. The van der Waals surface area contributed by atoms with E-state index in [2.05, 4.69) is 10.3 Å². The first kappa shape index (κ1) is 17.3. The maximum atomic E-state index is 12.3. The highest BCUT2D eigenvalue weighted by atomic mass is 32.2. The van der Waals surface area contributed by atoms with Gasteiger partial charge in [0.2, 0.25) is 5.91 Å². The number of nitrogens with zero attached hydrogens (tertiary/aromatic N) is 2. The van der Waals surface area contributed by atoms with Crippen molar-refractivity contribution < 1.29 is 9.53 Å². The first-order chi connectivity index (χ1) is 11.8. The summed E-state index contributed by atoms with van der Waals surface area (Å²) >= 11 is 1.71. The molecular weight excluding hydrogens is 322 g/mol. The van der Waals surface area contributed by atoms with Crippen LogP contribution in [0.5, 0.6) is 0 Å². The molecule has 0 spiro atoms. The van der Waals surface area contributed by atoms with Gasteiger partial charge in [-0.2, -0.15) is 11.8 Å². The van der Waals surface area contributed by atoms with Gasteiger partial charge in [-0.05, 0) is 43.6 Å². The molecule has 5 nitrogen and oxygen atoms in total. The molecule has 1 saturated carbocycles. The second kappa shape index (κ2) is 8.53. The Morgan fingerprint density at radius 1 is 1.42 bits per heavy atom. The van der Waals surface area contributed by atoms with E-state index in [4.69, 9.17) is 4.74 Å². The minimum absolute atomic E-state index is 0.0303. The number of fused-ring (bicyclic) bond motifs is 1. The number of ether oxygens (including phenoxy) is 1. The van der Waals surface area contributed by atoms with E-state index in [0.29, 0.717) is 13.1 Å². The molecule has 130 valence electrons. The van der Waals surface area contributed by atoms with E-state index in [0.717, 1.165) is 48.2 Å². The van der Waals surface area contributed by atoms with Gasteiger partial charge in [-0.15, -0.1) is 0 Å². The molecule has 0 radical (unpaired) electrons. The van der Waals surface area contributed by atoms with Gasteiger partial charge in [0.05, 0.1) is 16.8 Å². The number of aromatic nitrogens is 2. The minimum atomic E-state index is 0.0303. The summed E-state index contributed by atoms with van der Waals surface area (Å²) in [5.74, 6) is 2.58. The van der Waals surface area contributed by atoms with Crippen LogP contribution in [0.2, 0.25) is 0 Å². The number of para-hydroxylation sites is 2. The number of nitrogens with one attached hydrogen (secondary N) is 1. The maximum Gasteiger partial charge on any atom is 0.240 e. The van der Waals surface area contributed by atoms with Crippen LogP contribution in [0.4, 0.5) is 0 Å². The summed E-state index contributed by atoms with van der Waals surface area (Å²) in [5.41, 5.74) is 1.97. The molecule has 6 heteroatoms. The molecule has 2 aromatic rings. The van der Waals surface area contributed by atoms with Crippen molar-refractivity contribution in [2.24, 2.45) is 5.92 Å². The number of hydrogen-bond acceptors (Lipinski definition) is 4. The molecule has 1 N–H and O–H groups in total. The van der Waals surface area contributed by atoms with Crippen LogP contribution in [-0.4, -0.2) is 41.5 Å². The molecule has 3 rings (SSSR count). The third-order valence-corrected chi connectivity index (χ3v) is 4.69. The van der Waals surface area contributed by atoms with E-state index in [1.807, 2.05) is 35.1 Å². The van der Waals surface area contributed by atoms with Gasteiger partial charge >= 0.3 is 0 Å². The Kier molecular flexibility index (Phi) is 6.15. The normalized spacial score (nSPS) is 14.2. The largest absolute Gasteiger partial charge is 0.381 e. The highest BCUT2D eigenvalue weighted by molar-refractivity contribution is 7.97. The quantitative estimate of drug-likeness (QED) is 0.672. The van der Waals surface area contributed by atoms with Crippen molar-refractivity contribution in [3.8, 4) is 0 Å². The van der Waals surface area contributed by atoms with E-state index in [9.17, 15) is 4.79 Å². The lowest BCUT2D eigenvalue weighted by Crippen LogP contribution is -2.29. The summed E-state index contributed by atoms with van der Waals surface area (Å²) in [6, 6.07) is 7.97. The zero-order valence-corrected chi connectivity index (χ0v) is 15.0. The molecule has 1 aliphatic carbocycles. The second-order valence-corrected chi connectivity index (χ2v) is 7.12. The van der Waals surface area contributed by atoms with Crippen molar-refractivity contribution in [2.45, 2.75) is 31.6 Å². The predicted molar refractivity (Wildman–Crippen MR) is 98.1 cm³/mol. The molecular formula is C18H25N3O2S. The standard InChI is InChI=1S/C18H25N3O2S/c1-24-13-17-20-15-5-2-3-6-16(15)21(17)11-18(22)19-9-4-10-23-12-14-7-8-14/h2-3,5-6,14H,4,7-13H2,1H3,(H,19,22). The van der Waals surface area contributed by atoms with E-state index < -0.39 is 0 Å². The van der Waals surface area contributed by atoms with Crippen molar-refractivity contribution in [1.29, 1.82) is 0 Å². The summed E-state index contributed by atoms with van der Waals surface area (Å²) in [5, 5.41) is 2.98. The molecule has 1 aromatic heterocycles. The van der Waals surface area contributed by atoms with Crippen molar-refractivity contribution in [2.75, 3.05) is 26.0 Å². The number of carbonyl (C=O) groups excluding carboxylic acids is 1. The fourth-order valence-corrected chi connectivity index (χ4v) is 3.16. The smallest absolute Gasteiger partial charge is 0.240 e. The number of amides is 1. The van der Waals surface area contributed by atoms with Crippen LogP contribution in [0, 0.1) is 5.92 Å². The van der Waals surface area contributed by atoms with E-state index in [-0.39, 0.29) is 5.91 Å². The summed E-state index contributed by atoms with van der Waals surface area (Å²) < 4.78 is 7.60. The SMILES string of the molecule is CSCc1nc2ccccc2n1CC(=O)NCCCOCC1CC1. The average molecular weight is 347 g/mol. The number of carbonyl (C=O) groups is 1. The topological polar surface area (TPSA) is 56.2 Å². The van der Waals surface area contributed by atoms with E-state index in [1.165, 1.54) is 12.8 Å². The van der Waals surface area contributed by atoms with Gasteiger partial charge in [-0.25, -0.2) is 4.98 Å². The number of imidazole rings is 1. The van der Waals surface area contributed by atoms with Gasteiger partial charge < -0.3 is 14.6 Å². The lowest BCUT2D eigenvalue weighted by molar-refractivity contribution is -0.121. The van der Waals surface area contributed by atoms with Crippen molar-refractivity contribution >= 4 is 28.7 Å². The third-order valence-electron chi connectivity index (χ3n) is 4.15. The summed E-state index contributed by atoms with van der Waals surface area (Å²) in [7, 11) is 0. The molecule has 0 unspecified atom stereocenters. The number of hydrogen-bond donors (Lipinski definition) is 1. The second-order valence-electron chi connectivity index (χ2n) is 6.26. The Bertz CT molecular complexity index is 682. The third kappa shape index (κ3) is 4.74. The van der Waals surface area contributed by atoms with Crippen molar-refractivity contribution in [1.82, 2.24) is 14.9 Å². The van der Waals surface area contributed by atoms with Crippen LogP contribution >= 0.6 is 11.8 Å². The predicted octanol–water partition coefficient (Wildman–Crippen LogP) is 2.83. The van der Waals surface area contributed by atoms with Crippen LogP contribution in [-0.2, 0) is 21.8 Å². The van der Waals surface area contributed by atoms with Gasteiger partial charge in [0.1, 0.15) is 12.4 Å². The molecule has 1 heterocycles. The van der Waals surface area contributed by atoms with Gasteiger partial charge in [0.25, 0.3) is 0 Å². The van der Waals surface area contributed by atoms with Crippen molar-refractivity contribution in [3.63, 3.8) is 0 Å². The van der Waals surface area contributed by atoms with Gasteiger partial charge in [-0.3, -0.25) is 4.79 Å². The van der Waals surface area contributed by atoms with Crippen LogP contribution in [0.3, 0.4) is 0 Å². The Labute approximate surface area is 147 Å². The Hall–Kier alpha value is -1.53. The molecule has 1 amide bonds. The van der Waals surface area contributed by atoms with Gasteiger partial charge in [0, 0.05) is 19.8 Å². The van der Waals surface area contributed by atoms with Crippen LogP contribution in [0.25, 0.3) is 11.0 Å². The molecule has 0 aliphatic heterocycles. The van der Waals surface area contributed by atoms with Crippen LogP contribution in [0.15, 0.2) is 24.3 Å². The fourth-order valence-electron chi connectivity index (χ4n) is 2.68. The lowest BCUT2D eigenvalue weighted by Gasteiger charge is -2.10. The fraction of sp³-hybridized carbons (Fsp3) is 0.556. The summed E-state index contributed by atoms with van der Waals surface area (Å²) in [4.78, 5) is 16.9. The van der Waals surface area contributed by atoms with E-state index in [1.54, 1.807) is 11.8 Å².